The van der Waals surface area contributed by atoms with E-state index in [2.05, 4.69) is 6.08 Å². The molecular formula is C27H42F2O5. The molecule has 1 aliphatic heterocycles. The molecule has 5 nitrogen and oxygen atoms in total. The summed E-state index contributed by atoms with van der Waals surface area (Å²) in [6, 6.07) is 0. The summed E-state index contributed by atoms with van der Waals surface area (Å²) < 4.78 is 45.5. The van der Waals surface area contributed by atoms with Gasteiger partial charge in [0.15, 0.2) is 6.29 Å². The maximum atomic E-state index is 14.3. The molecule has 3 fully saturated rings. The van der Waals surface area contributed by atoms with Crippen molar-refractivity contribution in [1.29, 1.82) is 0 Å². The van der Waals surface area contributed by atoms with Crippen LogP contribution in [0.15, 0.2) is 23.8 Å². The molecule has 0 aromatic carbocycles. The van der Waals surface area contributed by atoms with E-state index in [0.29, 0.717) is 37.7 Å². The molecule has 194 valence electrons. The lowest BCUT2D eigenvalue weighted by molar-refractivity contribution is -0.193. The van der Waals surface area contributed by atoms with Gasteiger partial charge in [-0.1, -0.05) is 37.1 Å². The molecular weight excluding hydrogens is 442 g/mol. The summed E-state index contributed by atoms with van der Waals surface area (Å²) in [7, 11) is 1.40. The Morgan fingerprint density at radius 2 is 2.12 bits per heavy atom. The summed E-state index contributed by atoms with van der Waals surface area (Å²) in [6.45, 7) is 2.57. The molecule has 1 saturated heterocycles. The van der Waals surface area contributed by atoms with Crippen molar-refractivity contribution in [2.75, 3.05) is 13.7 Å². The number of hydrogen-bond donors (Lipinski definition) is 1. The maximum Gasteiger partial charge on any atom is 0.305 e. The number of esters is 1. The number of carbonyl (C=O) groups excluding carboxylic acids is 1. The number of alkyl halides is 2. The number of rotatable bonds is 12. The lowest BCUT2D eigenvalue weighted by atomic mass is 9.89. The molecule has 0 spiro atoms. The Morgan fingerprint density at radius 1 is 1.29 bits per heavy atom. The second-order valence-corrected chi connectivity index (χ2v) is 10.1. The maximum absolute atomic E-state index is 14.3. The Balaban J connectivity index is 1.64. The van der Waals surface area contributed by atoms with Crippen LogP contribution in [0.4, 0.5) is 8.78 Å². The van der Waals surface area contributed by atoms with E-state index in [4.69, 9.17) is 14.2 Å². The van der Waals surface area contributed by atoms with Crippen LogP contribution >= 0.6 is 0 Å². The molecule has 1 N–H and O–H groups in total. The highest BCUT2D eigenvalue weighted by atomic mass is 19.3. The summed E-state index contributed by atoms with van der Waals surface area (Å²) in [4.78, 5) is 11.3. The summed E-state index contributed by atoms with van der Waals surface area (Å²) in [6.07, 6.45) is 11.8. The van der Waals surface area contributed by atoms with Crippen LogP contribution in [0.3, 0.4) is 0 Å². The van der Waals surface area contributed by atoms with Crippen LogP contribution in [-0.2, 0) is 19.0 Å². The zero-order valence-electron chi connectivity index (χ0n) is 20.7. The Morgan fingerprint density at radius 3 is 2.82 bits per heavy atom. The molecule has 2 unspecified atom stereocenters. The highest BCUT2D eigenvalue weighted by molar-refractivity contribution is 5.69. The van der Waals surface area contributed by atoms with Gasteiger partial charge in [-0.05, 0) is 69.6 Å². The van der Waals surface area contributed by atoms with Gasteiger partial charge in [-0.2, -0.15) is 0 Å². The fraction of sp³-hybridized carbons (Fsp3) is 0.815. The Kier molecular flexibility index (Phi) is 10.5. The third kappa shape index (κ3) is 7.59. The second-order valence-electron chi connectivity index (χ2n) is 10.1. The number of aliphatic hydroxyl groups excluding tert-OH is 1. The number of unbranched alkanes of at least 4 members (excludes halogenated alkanes) is 2. The van der Waals surface area contributed by atoms with Gasteiger partial charge in [0.1, 0.15) is 6.10 Å². The first-order chi connectivity index (χ1) is 16.3. The first kappa shape index (κ1) is 27.3. The molecule has 0 amide bonds. The quantitative estimate of drug-likeness (QED) is 0.210. The Hall–Kier alpha value is -1.31. The van der Waals surface area contributed by atoms with Crippen molar-refractivity contribution < 1.29 is 32.9 Å². The molecule has 0 radical (unpaired) electrons. The van der Waals surface area contributed by atoms with Gasteiger partial charge in [0.2, 0.25) is 0 Å². The van der Waals surface area contributed by atoms with Crippen LogP contribution in [0, 0.1) is 17.8 Å². The third-order valence-electron chi connectivity index (χ3n) is 7.61. The average Bonchev–Trinajstić information content (AvgIpc) is 3.36. The molecule has 7 heteroatoms. The minimum atomic E-state index is -3.12. The summed E-state index contributed by atoms with van der Waals surface area (Å²) in [5, 5.41) is 10.2. The van der Waals surface area contributed by atoms with E-state index in [0.717, 1.165) is 51.4 Å². The molecule has 3 aliphatic rings. The molecule has 6 atom stereocenters. The van der Waals surface area contributed by atoms with Gasteiger partial charge in [0, 0.05) is 25.4 Å². The Labute approximate surface area is 202 Å². The number of hydrogen-bond acceptors (Lipinski definition) is 5. The fourth-order valence-corrected chi connectivity index (χ4v) is 5.66. The summed E-state index contributed by atoms with van der Waals surface area (Å²) >= 11 is 0. The zero-order chi connectivity index (χ0) is 24.6. The van der Waals surface area contributed by atoms with Crippen LogP contribution < -0.4 is 0 Å². The Bertz CT molecular complexity index is 701. The minimum Gasteiger partial charge on any atom is -0.469 e. The molecule has 1 heterocycles. The van der Waals surface area contributed by atoms with E-state index in [1.54, 1.807) is 6.08 Å². The number of methoxy groups -OCH3 is 1. The first-order valence-electron chi connectivity index (χ1n) is 13.1. The highest BCUT2D eigenvalue weighted by Gasteiger charge is 2.47. The van der Waals surface area contributed by atoms with Crippen LogP contribution in [0.25, 0.3) is 0 Å². The smallest absolute Gasteiger partial charge is 0.305 e. The van der Waals surface area contributed by atoms with Gasteiger partial charge in [0.05, 0.1) is 13.2 Å². The minimum absolute atomic E-state index is 0.0203. The molecule has 0 bridgehead atoms. The average molecular weight is 485 g/mol. The van der Waals surface area contributed by atoms with E-state index in [1.165, 1.54) is 18.8 Å². The molecule has 34 heavy (non-hydrogen) atoms. The predicted molar refractivity (Wildman–Crippen MR) is 126 cm³/mol. The first-order valence-corrected chi connectivity index (χ1v) is 13.1. The van der Waals surface area contributed by atoms with Crippen molar-refractivity contribution in [3.63, 3.8) is 0 Å². The topological polar surface area (TPSA) is 65.0 Å². The molecule has 2 saturated carbocycles. The van der Waals surface area contributed by atoms with E-state index in [1.807, 2.05) is 6.92 Å². The molecule has 2 aliphatic carbocycles. The summed E-state index contributed by atoms with van der Waals surface area (Å²) in [5.41, 5.74) is 1.37. The lowest BCUT2D eigenvalue weighted by Gasteiger charge is -2.29. The van der Waals surface area contributed by atoms with Gasteiger partial charge in [-0.3, -0.25) is 4.79 Å². The second kappa shape index (κ2) is 13.1. The number of ether oxygens (including phenoxy) is 3. The van der Waals surface area contributed by atoms with Crippen LogP contribution in [0.5, 0.6) is 0 Å². The lowest BCUT2D eigenvalue weighted by Crippen LogP contribution is -2.33. The standard InChI is InChI=1S/C27H42F2O5/c1-3-4-14-27(28,29)24(30)13-12-21-22-17-19(9-5-6-10-25(31)32-2)16-20(22)18-23(21)34-26-11-7-8-15-33-26/h9,12-13,20-24,26,30H,3-8,10-11,14-18H2,1-2H3/t20-,21-,22-,23+,24?,26?/m0/s1. The molecule has 0 aromatic heterocycles. The van der Waals surface area contributed by atoms with Crippen molar-refractivity contribution in [3.8, 4) is 0 Å². The number of fused-ring (bicyclic) bond motifs is 1. The summed E-state index contributed by atoms with van der Waals surface area (Å²) in [5.74, 6) is -2.58. The van der Waals surface area contributed by atoms with Gasteiger partial charge >= 0.3 is 5.97 Å². The number of halogens is 2. The third-order valence-corrected chi connectivity index (χ3v) is 7.61. The van der Waals surface area contributed by atoms with Gasteiger partial charge in [0.25, 0.3) is 5.92 Å². The van der Waals surface area contributed by atoms with E-state index < -0.39 is 12.0 Å². The van der Waals surface area contributed by atoms with Crippen LogP contribution in [0.2, 0.25) is 0 Å². The number of aliphatic hydroxyl groups is 1. The zero-order valence-corrected chi connectivity index (χ0v) is 20.7. The van der Waals surface area contributed by atoms with Crippen molar-refractivity contribution in [2.24, 2.45) is 17.8 Å². The van der Waals surface area contributed by atoms with Crippen LogP contribution in [0.1, 0.15) is 84.0 Å². The van der Waals surface area contributed by atoms with Gasteiger partial charge in [-0.15, -0.1) is 0 Å². The number of allylic oxidation sites excluding steroid dienone is 2. The largest absolute Gasteiger partial charge is 0.469 e. The van der Waals surface area contributed by atoms with Gasteiger partial charge in [-0.25, -0.2) is 8.78 Å². The normalized spacial score (nSPS) is 31.8. The predicted octanol–water partition coefficient (Wildman–Crippen LogP) is 5.96. The van der Waals surface area contributed by atoms with Gasteiger partial charge < -0.3 is 19.3 Å². The van der Waals surface area contributed by atoms with E-state index in [9.17, 15) is 18.7 Å². The van der Waals surface area contributed by atoms with Crippen molar-refractivity contribution in [1.82, 2.24) is 0 Å². The van der Waals surface area contributed by atoms with E-state index in [-0.39, 0.29) is 30.7 Å². The SMILES string of the molecule is CCCCC(F)(F)C(O)C=C[C@H]1[C@H]2CC(=CCCCC(=O)OC)C[C@H]2C[C@H]1OC1CCCCO1. The highest BCUT2D eigenvalue weighted by Crippen LogP contribution is 2.52. The monoisotopic (exact) mass is 484 g/mol. The van der Waals surface area contributed by atoms with Crippen LogP contribution in [-0.4, -0.2) is 49.2 Å². The number of carbonyl (C=O) groups is 1. The van der Waals surface area contributed by atoms with E-state index >= 15 is 0 Å². The van der Waals surface area contributed by atoms with Crippen molar-refractivity contribution >= 4 is 5.97 Å². The molecule has 0 aromatic rings. The molecule has 3 rings (SSSR count). The van der Waals surface area contributed by atoms with Crippen molar-refractivity contribution in [3.05, 3.63) is 23.8 Å². The van der Waals surface area contributed by atoms with Crippen molar-refractivity contribution in [2.45, 2.75) is 108 Å². The fourth-order valence-electron chi connectivity index (χ4n) is 5.66.